The highest BCUT2D eigenvalue weighted by Gasteiger charge is 2.20. The van der Waals surface area contributed by atoms with Crippen LogP contribution < -0.4 is 10.6 Å². The number of carbonyl (C=O) groups excluding carboxylic acids is 1. The Morgan fingerprint density at radius 3 is 2.96 bits per heavy atom. The first-order chi connectivity index (χ1) is 12.7. The second-order valence-electron chi connectivity index (χ2n) is 5.78. The number of fused-ring (bicyclic) bond motifs is 2. The number of amides is 1. The van der Waals surface area contributed by atoms with Gasteiger partial charge >= 0.3 is 0 Å². The fourth-order valence-corrected chi connectivity index (χ4v) is 3.52. The molecule has 8 heteroatoms. The van der Waals surface area contributed by atoms with Gasteiger partial charge in [-0.15, -0.1) is 11.3 Å². The summed E-state index contributed by atoms with van der Waals surface area (Å²) >= 11 is 1.57. The number of benzene rings is 2. The van der Waals surface area contributed by atoms with Crippen LogP contribution in [0.3, 0.4) is 0 Å². The van der Waals surface area contributed by atoms with Gasteiger partial charge in [-0.3, -0.25) is 10.1 Å². The van der Waals surface area contributed by atoms with Crippen molar-refractivity contribution >= 4 is 56.2 Å². The molecule has 7 nitrogen and oxygen atoms in total. The molecule has 0 atom stereocenters. The maximum absolute atomic E-state index is 12.2. The number of aliphatic imine (C=N–C) groups is 1. The van der Waals surface area contributed by atoms with E-state index in [1.807, 2.05) is 36.4 Å². The topological polar surface area (TPSA) is 95.1 Å². The molecule has 1 amide bonds. The number of hydrogen-bond donors (Lipinski definition) is 3. The monoisotopic (exact) mass is 360 g/mol. The molecule has 1 aliphatic heterocycles. The van der Waals surface area contributed by atoms with Crippen LogP contribution in [0.5, 0.6) is 0 Å². The average Bonchev–Trinajstić information content (AvgIpc) is 3.35. The molecule has 0 unspecified atom stereocenters. The van der Waals surface area contributed by atoms with Crippen molar-refractivity contribution in [2.45, 2.75) is 0 Å². The van der Waals surface area contributed by atoms with E-state index in [0.29, 0.717) is 11.7 Å². The van der Waals surface area contributed by atoms with Crippen LogP contribution in [0.1, 0.15) is 5.56 Å². The second-order valence-corrected chi connectivity index (χ2v) is 6.67. The van der Waals surface area contributed by atoms with Gasteiger partial charge < -0.3 is 10.3 Å². The molecule has 3 heterocycles. The number of thiazole rings is 1. The van der Waals surface area contributed by atoms with Crippen LogP contribution >= 0.6 is 11.3 Å². The van der Waals surface area contributed by atoms with Crippen molar-refractivity contribution < 1.29 is 4.79 Å². The lowest BCUT2D eigenvalue weighted by atomic mass is 10.2. The van der Waals surface area contributed by atoms with Crippen molar-refractivity contribution in [3.8, 4) is 0 Å². The Labute approximate surface area is 151 Å². The van der Waals surface area contributed by atoms with Gasteiger partial charge in [0.05, 0.1) is 33.1 Å². The minimum absolute atomic E-state index is 0.237. The van der Waals surface area contributed by atoms with E-state index in [1.54, 1.807) is 29.3 Å². The molecule has 1 aliphatic rings. The first kappa shape index (κ1) is 14.8. The summed E-state index contributed by atoms with van der Waals surface area (Å²) in [6, 6.07) is 11.6. The van der Waals surface area contributed by atoms with Crippen LogP contribution in [-0.2, 0) is 4.79 Å². The van der Waals surface area contributed by atoms with Gasteiger partial charge in [0.15, 0.2) is 0 Å². The van der Waals surface area contributed by atoms with Crippen molar-refractivity contribution in [3.05, 3.63) is 59.5 Å². The number of nitrogens with zero attached hydrogens (tertiary/aromatic N) is 3. The summed E-state index contributed by atoms with van der Waals surface area (Å²) in [6.45, 7) is 0. The third-order valence-corrected chi connectivity index (χ3v) is 4.83. The number of hydrogen-bond acceptors (Lipinski definition) is 6. The highest BCUT2D eigenvalue weighted by molar-refractivity contribution is 7.16. The van der Waals surface area contributed by atoms with Gasteiger partial charge in [-0.2, -0.15) is 0 Å². The predicted octanol–water partition coefficient (Wildman–Crippen LogP) is 3.11. The number of carbonyl (C=O) groups is 1. The molecule has 0 radical (unpaired) electrons. The van der Waals surface area contributed by atoms with Crippen LogP contribution in [-0.4, -0.2) is 26.8 Å². The Morgan fingerprint density at radius 1 is 1.08 bits per heavy atom. The largest absolute Gasteiger partial charge is 0.345 e. The molecular weight excluding hydrogens is 348 g/mol. The molecule has 0 saturated carbocycles. The van der Waals surface area contributed by atoms with Crippen LogP contribution in [0.25, 0.3) is 27.3 Å². The molecule has 4 aromatic rings. The van der Waals surface area contributed by atoms with E-state index in [2.05, 4.69) is 30.6 Å². The van der Waals surface area contributed by atoms with Crippen LogP contribution in [0.2, 0.25) is 0 Å². The van der Waals surface area contributed by atoms with E-state index >= 15 is 0 Å². The van der Waals surface area contributed by atoms with Gasteiger partial charge in [0.1, 0.15) is 5.70 Å². The minimum atomic E-state index is -0.237. The molecule has 0 saturated heterocycles. The molecule has 0 fully saturated rings. The van der Waals surface area contributed by atoms with Gasteiger partial charge in [0.25, 0.3) is 5.91 Å². The number of aromatic amines is 1. The normalized spacial score (nSPS) is 15.6. The lowest BCUT2D eigenvalue weighted by Gasteiger charge is -2.04. The molecule has 126 valence electrons. The van der Waals surface area contributed by atoms with Crippen molar-refractivity contribution in [1.82, 2.24) is 20.3 Å². The number of imidazole rings is 1. The molecule has 2 aromatic carbocycles. The van der Waals surface area contributed by atoms with E-state index in [1.165, 1.54) is 0 Å². The fraction of sp³-hybridized carbons (Fsp3) is 0. The van der Waals surface area contributed by atoms with Gasteiger partial charge in [0, 0.05) is 5.69 Å². The standard InChI is InChI=1S/C18H12N6OS/c25-17-15(5-10-1-3-13-16(6-10)26-9-21-13)23-18(24-17)22-11-2-4-12-14(7-11)20-8-19-12/h1-9H,(H,19,20)(H2,22,23,24,25). The molecule has 26 heavy (non-hydrogen) atoms. The van der Waals surface area contributed by atoms with Gasteiger partial charge in [-0.1, -0.05) is 6.07 Å². The number of H-pyrrole nitrogens is 1. The minimum Gasteiger partial charge on any atom is -0.345 e. The van der Waals surface area contributed by atoms with E-state index in [0.717, 1.165) is 32.5 Å². The van der Waals surface area contributed by atoms with Crippen molar-refractivity contribution in [2.75, 3.05) is 5.32 Å². The van der Waals surface area contributed by atoms with Crippen molar-refractivity contribution in [2.24, 2.45) is 4.99 Å². The first-order valence-corrected chi connectivity index (χ1v) is 8.78. The van der Waals surface area contributed by atoms with E-state index in [4.69, 9.17) is 0 Å². The smallest absolute Gasteiger partial charge is 0.276 e. The van der Waals surface area contributed by atoms with Crippen molar-refractivity contribution in [3.63, 3.8) is 0 Å². The molecule has 5 rings (SSSR count). The Balaban J connectivity index is 1.42. The Hall–Kier alpha value is -3.52. The molecule has 3 N–H and O–H groups in total. The van der Waals surface area contributed by atoms with Gasteiger partial charge in [-0.25, -0.2) is 15.0 Å². The van der Waals surface area contributed by atoms with Crippen LogP contribution in [0.4, 0.5) is 5.69 Å². The molecule has 2 aromatic heterocycles. The lowest BCUT2D eigenvalue weighted by Crippen LogP contribution is -2.29. The first-order valence-electron chi connectivity index (χ1n) is 7.90. The van der Waals surface area contributed by atoms with E-state index in [9.17, 15) is 4.79 Å². The quantitative estimate of drug-likeness (QED) is 0.479. The molecule has 0 spiro atoms. The summed E-state index contributed by atoms with van der Waals surface area (Å²) in [4.78, 5) is 28.1. The highest BCUT2D eigenvalue weighted by Crippen LogP contribution is 2.22. The number of rotatable bonds is 2. The van der Waals surface area contributed by atoms with Gasteiger partial charge in [-0.05, 0) is 42.0 Å². The van der Waals surface area contributed by atoms with Crippen LogP contribution in [0, 0.1) is 0 Å². The zero-order chi connectivity index (χ0) is 17.5. The summed E-state index contributed by atoms with van der Waals surface area (Å²) in [6.07, 6.45) is 3.41. The Bertz CT molecular complexity index is 1220. The molecular formula is C18H12N6OS. The maximum Gasteiger partial charge on any atom is 0.276 e. The summed E-state index contributed by atoms with van der Waals surface area (Å²) in [7, 11) is 0. The summed E-state index contributed by atoms with van der Waals surface area (Å²) in [5, 5.41) is 5.86. The Morgan fingerprint density at radius 2 is 2.00 bits per heavy atom. The number of guanidine groups is 1. The number of anilines is 1. The molecule has 0 bridgehead atoms. The van der Waals surface area contributed by atoms with Crippen LogP contribution in [0.15, 0.2) is 58.9 Å². The maximum atomic E-state index is 12.2. The van der Waals surface area contributed by atoms with E-state index in [-0.39, 0.29) is 5.91 Å². The molecule has 0 aliphatic carbocycles. The SMILES string of the molecule is O=C1NC(Nc2ccc3nc[nH]c3c2)=NC1=Cc1ccc2ncsc2c1. The predicted molar refractivity (Wildman–Crippen MR) is 103 cm³/mol. The fourth-order valence-electron chi connectivity index (χ4n) is 2.80. The van der Waals surface area contributed by atoms with Crippen molar-refractivity contribution in [1.29, 1.82) is 0 Å². The Kier molecular flexibility index (Phi) is 3.29. The summed E-state index contributed by atoms with van der Waals surface area (Å²) < 4.78 is 1.08. The summed E-state index contributed by atoms with van der Waals surface area (Å²) in [5.41, 5.74) is 6.64. The zero-order valence-corrected chi connectivity index (χ0v) is 14.2. The van der Waals surface area contributed by atoms with E-state index < -0.39 is 0 Å². The number of nitrogens with one attached hydrogen (secondary N) is 3. The second kappa shape index (κ2) is 5.78. The zero-order valence-electron chi connectivity index (χ0n) is 13.4. The highest BCUT2D eigenvalue weighted by atomic mass is 32.1. The average molecular weight is 360 g/mol. The summed E-state index contributed by atoms with van der Waals surface area (Å²) in [5.74, 6) is 0.165. The van der Waals surface area contributed by atoms with Gasteiger partial charge in [0.2, 0.25) is 5.96 Å². The number of aromatic nitrogens is 3. The lowest BCUT2D eigenvalue weighted by molar-refractivity contribution is -0.115. The third-order valence-electron chi connectivity index (χ3n) is 4.04. The third kappa shape index (κ3) is 2.62.